The molecule has 23 heavy (non-hydrogen) atoms. The fourth-order valence-electron chi connectivity index (χ4n) is 2.08. The Bertz CT molecular complexity index is 740. The minimum Gasteiger partial charge on any atom is -0.467 e. The molecule has 0 unspecified atom stereocenters. The summed E-state index contributed by atoms with van der Waals surface area (Å²) < 4.78 is 5.25. The molecule has 0 aliphatic rings. The van der Waals surface area contributed by atoms with Crippen LogP contribution in [0.5, 0.6) is 0 Å². The van der Waals surface area contributed by atoms with Crippen molar-refractivity contribution in [2.45, 2.75) is 6.54 Å². The van der Waals surface area contributed by atoms with Gasteiger partial charge < -0.3 is 20.4 Å². The topological polar surface area (TPSA) is 49.2 Å². The lowest BCUT2D eigenvalue weighted by Crippen LogP contribution is -2.27. The highest BCUT2D eigenvalue weighted by atomic mass is 32.1. The van der Waals surface area contributed by atoms with Gasteiger partial charge in [-0.2, -0.15) is 0 Å². The van der Waals surface area contributed by atoms with Crippen LogP contribution in [0.1, 0.15) is 5.76 Å². The summed E-state index contributed by atoms with van der Waals surface area (Å²) in [7, 11) is 0. The average molecular weight is 323 g/mol. The van der Waals surface area contributed by atoms with Crippen LogP contribution in [0.3, 0.4) is 0 Å². The summed E-state index contributed by atoms with van der Waals surface area (Å²) in [6.07, 6.45) is 1.64. The summed E-state index contributed by atoms with van der Waals surface area (Å²) in [5, 5.41) is 10.1. The van der Waals surface area contributed by atoms with Crippen LogP contribution in [0.4, 0.5) is 17.1 Å². The molecule has 5 heteroatoms. The molecule has 0 aliphatic carbocycles. The Morgan fingerprint density at radius 2 is 1.52 bits per heavy atom. The average Bonchev–Trinajstić information content (AvgIpc) is 3.09. The molecule has 1 heterocycles. The number of rotatable bonds is 5. The molecule has 0 saturated heterocycles. The molecule has 3 aromatic rings. The third-order valence-electron chi connectivity index (χ3n) is 3.21. The highest BCUT2D eigenvalue weighted by molar-refractivity contribution is 7.80. The molecular formula is C18H17N3OS. The van der Waals surface area contributed by atoms with Crippen molar-refractivity contribution in [1.82, 2.24) is 5.32 Å². The Morgan fingerprint density at radius 1 is 0.826 bits per heavy atom. The molecule has 0 spiro atoms. The molecule has 0 radical (unpaired) electrons. The zero-order valence-corrected chi connectivity index (χ0v) is 13.3. The van der Waals surface area contributed by atoms with Crippen molar-refractivity contribution in [3.8, 4) is 0 Å². The Balaban J connectivity index is 1.51. The molecule has 0 saturated carbocycles. The maximum absolute atomic E-state index is 5.27. The van der Waals surface area contributed by atoms with E-state index in [-0.39, 0.29) is 0 Å². The summed E-state index contributed by atoms with van der Waals surface area (Å²) in [5.74, 6) is 0.844. The van der Waals surface area contributed by atoms with Crippen LogP contribution >= 0.6 is 12.2 Å². The van der Waals surface area contributed by atoms with Gasteiger partial charge in [-0.05, 0) is 60.7 Å². The van der Waals surface area contributed by atoms with Crippen molar-refractivity contribution in [2.24, 2.45) is 0 Å². The SMILES string of the molecule is S=C(NCc1ccco1)Nc1ccc(Nc2ccccc2)cc1. The molecular weight excluding hydrogens is 306 g/mol. The van der Waals surface area contributed by atoms with Gasteiger partial charge in [0, 0.05) is 17.1 Å². The second kappa shape index (κ2) is 7.47. The number of hydrogen-bond donors (Lipinski definition) is 3. The molecule has 3 rings (SSSR count). The Labute approximate surface area is 140 Å². The second-order valence-corrected chi connectivity index (χ2v) is 5.36. The van der Waals surface area contributed by atoms with Gasteiger partial charge in [0.15, 0.2) is 5.11 Å². The highest BCUT2D eigenvalue weighted by Gasteiger charge is 2.00. The van der Waals surface area contributed by atoms with E-state index in [4.69, 9.17) is 16.6 Å². The van der Waals surface area contributed by atoms with Gasteiger partial charge in [-0.25, -0.2) is 0 Å². The Hall–Kier alpha value is -2.79. The third kappa shape index (κ3) is 4.59. The van der Waals surface area contributed by atoms with Crippen molar-refractivity contribution in [1.29, 1.82) is 0 Å². The molecule has 4 nitrogen and oxygen atoms in total. The van der Waals surface area contributed by atoms with E-state index in [2.05, 4.69) is 16.0 Å². The Morgan fingerprint density at radius 3 is 2.22 bits per heavy atom. The van der Waals surface area contributed by atoms with Gasteiger partial charge in [0.05, 0.1) is 12.8 Å². The van der Waals surface area contributed by atoms with Crippen molar-refractivity contribution >= 4 is 34.4 Å². The van der Waals surface area contributed by atoms with E-state index in [1.54, 1.807) is 6.26 Å². The van der Waals surface area contributed by atoms with E-state index in [1.807, 2.05) is 66.7 Å². The molecule has 0 aliphatic heterocycles. The largest absolute Gasteiger partial charge is 0.467 e. The van der Waals surface area contributed by atoms with Crippen LogP contribution in [-0.2, 0) is 6.54 Å². The van der Waals surface area contributed by atoms with Crippen LogP contribution in [0.15, 0.2) is 77.4 Å². The van der Waals surface area contributed by atoms with Crippen LogP contribution in [0.25, 0.3) is 0 Å². The van der Waals surface area contributed by atoms with E-state index in [9.17, 15) is 0 Å². The fraction of sp³-hybridized carbons (Fsp3) is 0.0556. The number of nitrogens with one attached hydrogen (secondary N) is 3. The molecule has 0 atom stereocenters. The summed E-state index contributed by atoms with van der Waals surface area (Å²) in [6.45, 7) is 0.562. The van der Waals surface area contributed by atoms with E-state index in [0.29, 0.717) is 11.7 Å². The third-order valence-corrected chi connectivity index (χ3v) is 3.45. The van der Waals surface area contributed by atoms with Crippen molar-refractivity contribution in [3.05, 3.63) is 78.8 Å². The second-order valence-electron chi connectivity index (χ2n) is 4.96. The van der Waals surface area contributed by atoms with E-state index in [0.717, 1.165) is 22.8 Å². The smallest absolute Gasteiger partial charge is 0.171 e. The quantitative estimate of drug-likeness (QED) is 0.603. The Kier molecular flexibility index (Phi) is 4.91. The maximum atomic E-state index is 5.27. The number of anilines is 3. The maximum Gasteiger partial charge on any atom is 0.171 e. The van der Waals surface area contributed by atoms with Crippen molar-refractivity contribution in [3.63, 3.8) is 0 Å². The van der Waals surface area contributed by atoms with Gasteiger partial charge in [0.25, 0.3) is 0 Å². The lowest BCUT2D eigenvalue weighted by atomic mass is 10.2. The number of furan rings is 1. The molecule has 1 aromatic heterocycles. The molecule has 3 N–H and O–H groups in total. The lowest BCUT2D eigenvalue weighted by Gasteiger charge is -2.11. The summed E-state index contributed by atoms with van der Waals surface area (Å²) in [4.78, 5) is 0. The van der Waals surface area contributed by atoms with Gasteiger partial charge >= 0.3 is 0 Å². The number of para-hydroxylation sites is 1. The van der Waals surface area contributed by atoms with Crippen molar-refractivity contribution in [2.75, 3.05) is 10.6 Å². The van der Waals surface area contributed by atoms with Gasteiger partial charge in [0.2, 0.25) is 0 Å². The number of benzene rings is 2. The van der Waals surface area contributed by atoms with Crippen LogP contribution < -0.4 is 16.0 Å². The fourth-order valence-corrected chi connectivity index (χ4v) is 2.27. The molecule has 0 bridgehead atoms. The molecule has 116 valence electrons. The first-order valence-electron chi connectivity index (χ1n) is 7.29. The minimum absolute atomic E-state index is 0.560. The number of hydrogen-bond acceptors (Lipinski definition) is 3. The zero-order chi connectivity index (χ0) is 15.9. The zero-order valence-electron chi connectivity index (χ0n) is 12.5. The first-order chi connectivity index (χ1) is 11.3. The highest BCUT2D eigenvalue weighted by Crippen LogP contribution is 2.18. The van der Waals surface area contributed by atoms with Gasteiger partial charge in [-0.1, -0.05) is 18.2 Å². The molecule has 2 aromatic carbocycles. The van der Waals surface area contributed by atoms with Crippen LogP contribution in [0, 0.1) is 0 Å². The van der Waals surface area contributed by atoms with Crippen LogP contribution in [-0.4, -0.2) is 5.11 Å². The van der Waals surface area contributed by atoms with Gasteiger partial charge in [0.1, 0.15) is 5.76 Å². The lowest BCUT2D eigenvalue weighted by molar-refractivity contribution is 0.503. The van der Waals surface area contributed by atoms with Gasteiger partial charge in [-0.3, -0.25) is 0 Å². The van der Waals surface area contributed by atoms with E-state index in [1.165, 1.54) is 0 Å². The first-order valence-corrected chi connectivity index (χ1v) is 7.70. The van der Waals surface area contributed by atoms with Crippen molar-refractivity contribution < 1.29 is 4.42 Å². The minimum atomic E-state index is 0.560. The predicted octanol–water partition coefficient (Wildman–Crippen LogP) is 4.51. The monoisotopic (exact) mass is 323 g/mol. The summed E-state index contributed by atoms with van der Waals surface area (Å²) in [6, 6.07) is 21.8. The van der Waals surface area contributed by atoms with E-state index >= 15 is 0 Å². The predicted molar refractivity (Wildman–Crippen MR) is 97.9 cm³/mol. The molecule has 0 fully saturated rings. The summed E-state index contributed by atoms with van der Waals surface area (Å²) in [5.41, 5.74) is 3.01. The van der Waals surface area contributed by atoms with Crippen LogP contribution in [0.2, 0.25) is 0 Å². The summed E-state index contributed by atoms with van der Waals surface area (Å²) >= 11 is 5.27. The standard InChI is InChI=1S/C18H17N3OS/c23-18(19-13-17-7-4-12-22-17)21-16-10-8-15(9-11-16)20-14-5-2-1-3-6-14/h1-12,20H,13H2,(H2,19,21,23). The van der Waals surface area contributed by atoms with Gasteiger partial charge in [-0.15, -0.1) is 0 Å². The van der Waals surface area contributed by atoms with E-state index < -0.39 is 0 Å². The molecule has 0 amide bonds. The number of thiocarbonyl (C=S) groups is 1. The normalized spacial score (nSPS) is 10.1. The first kappa shape index (κ1) is 15.1.